The Kier molecular flexibility index (Phi) is 8.83. The molecule has 2 rings (SSSR count). The summed E-state index contributed by atoms with van der Waals surface area (Å²) in [7, 11) is 6.50. The molecule has 0 unspecified atom stereocenters. The monoisotopic (exact) mass is 358 g/mol. The minimum atomic E-state index is 0.594. The fourth-order valence-corrected chi connectivity index (χ4v) is 2.65. The second kappa shape index (κ2) is 10.9. The van der Waals surface area contributed by atoms with E-state index in [0.717, 1.165) is 16.8 Å². The van der Waals surface area contributed by atoms with Gasteiger partial charge in [-0.2, -0.15) is 4.37 Å². The van der Waals surface area contributed by atoms with E-state index >= 15 is 0 Å². The molecule has 132 valence electrons. The van der Waals surface area contributed by atoms with E-state index in [0.29, 0.717) is 17.2 Å². The van der Waals surface area contributed by atoms with Gasteiger partial charge in [0.2, 0.25) is 5.75 Å². The van der Waals surface area contributed by atoms with Crippen molar-refractivity contribution in [3.63, 3.8) is 0 Å². The van der Waals surface area contributed by atoms with E-state index in [1.165, 1.54) is 11.5 Å². The topological polar surface area (TPSA) is 52.9 Å². The fraction of sp³-hybridized carbons (Fsp3) is 0.263. The molecule has 1 aromatic heterocycles. The van der Waals surface area contributed by atoms with Crippen LogP contribution in [0.5, 0.6) is 17.2 Å². The summed E-state index contributed by atoms with van der Waals surface area (Å²) in [4.78, 5) is 3.67. The zero-order chi connectivity index (χ0) is 18.7. The summed E-state index contributed by atoms with van der Waals surface area (Å²) in [6.45, 7) is 2.03. The van der Waals surface area contributed by atoms with Gasteiger partial charge in [0.25, 0.3) is 0 Å². The third-order valence-electron chi connectivity index (χ3n) is 3.11. The van der Waals surface area contributed by atoms with Crippen molar-refractivity contribution in [3.05, 3.63) is 35.2 Å². The molecule has 0 atom stereocenters. The van der Waals surface area contributed by atoms with E-state index < -0.39 is 0 Å². The van der Waals surface area contributed by atoms with Crippen LogP contribution in [-0.2, 0) is 0 Å². The molecule has 0 aliphatic carbocycles. The Labute approximate surface area is 153 Å². The first-order chi connectivity index (χ1) is 12.1. The molecule has 0 spiro atoms. The highest BCUT2D eigenvalue weighted by Gasteiger charge is 2.15. The molecule has 1 heterocycles. The zero-order valence-electron chi connectivity index (χ0n) is 15.1. The molecule has 0 amide bonds. The zero-order valence-corrected chi connectivity index (χ0v) is 15.9. The number of aromatic nitrogens is 1. The highest BCUT2D eigenvalue weighted by molar-refractivity contribution is 7.04. The second-order valence-corrected chi connectivity index (χ2v) is 5.32. The number of hydrogen-bond acceptors (Lipinski definition) is 6. The first-order valence-corrected chi connectivity index (χ1v) is 8.21. The molecule has 0 N–H and O–H groups in total. The van der Waals surface area contributed by atoms with E-state index in [1.54, 1.807) is 46.7 Å². The average Bonchev–Trinajstić information content (AvgIpc) is 3.07. The Morgan fingerprint density at radius 3 is 2.20 bits per heavy atom. The standard InChI is InChI=1S/C13H15NO3S.C6H7N/c1-8-7-18-14-12(8)9-5-10(15-2)13(17-4)11(6-9)16-3;1-3-4-5-6-7-2/h5-7H,1-4H3;1,4-6H,2H3/b;5-4-,7-6?. The first-order valence-electron chi connectivity index (χ1n) is 7.37. The molecule has 6 heteroatoms. The van der Waals surface area contributed by atoms with Crippen LogP contribution in [-0.4, -0.2) is 39.0 Å². The Balaban J connectivity index is 0.000000381. The Morgan fingerprint density at radius 1 is 1.16 bits per heavy atom. The van der Waals surface area contributed by atoms with Crippen LogP contribution in [0.2, 0.25) is 0 Å². The summed E-state index contributed by atoms with van der Waals surface area (Å²) < 4.78 is 20.3. The van der Waals surface area contributed by atoms with Gasteiger partial charge in [-0.15, -0.1) is 6.42 Å². The number of nitrogens with zero attached hydrogens (tertiary/aromatic N) is 2. The van der Waals surface area contributed by atoms with Gasteiger partial charge in [-0.05, 0) is 48.3 Å². The fourth-order valence-electron chi connectivity index (χ4n) is 1.97. The molecule has 5 nitrogen and oxygen atoms in total. The average molecular weight is 358 g/mol. The third-order valence-corrected chi connectivity index (χ3v) is 3.86. The predicted octanol–water partition coefficient (Wildman–Crippen LogP) is 4.02. The number of benzene rings is 1. The Morgan fingerprint density at radius 2 is 1.80 bits per heavy atom. The first kappa shape index (κ1) is 20.3. The number of methoxy groups -OCH3 is 3. The summed E-state index contributed by atoms with van der Waals surface area (Å²) in [6, 6.07) is 3.81. The molecule has 0 bridgehead atoms. The van der Waals surface area contributed by atoms with Crippen molar-refractivity contribution in [2.24, 2.45) is 4.99 Å². The van der Waals surface area contributed by atoms with E-state index in [2.05, 4.69) is 15.3 Å². The van der Waals surface area contributed by atoms with Crippen molar-refractivity contribution < 1.29 is 14.2 Å². The smallest absolute Gasteiger partial charge is 0.203 e. The lowest BCUT2D eigenvalue weighted by molar-refractivity contribution is 0.324. The predicted molar refractivity (Wildman–Crippen MR) is 104 cm³/mol. The van der Waals surface area contributed by atoms with Crippen molar-refractivity contribution in [3.8, 4) is 40.8 Å². The van der Waals surface area contributed by atoms with Gasteiger partial charge < -0.3 is 14.2 Å². The molecule has 2 aromatic rings. The Bertz CT molecular complexity index is 748. The van der Waals surface area contributed by atoms with Gasteiger partial charge in [-0.25, -0.2) is 0 Å². The minimum Gasteiger partial charge on any atom is -0.493 e. The van der Waals surface area contributed by atoms with Gasteiger partial charge in [-0.1, -0.05) is 5.92 Å². The van der Waals surface area contributed by atoms with E-state index in [4.69, 9.17) is 20.6 Å². The van der Waals surface area contributed by atoms with Crippen LogP contribution in [0, 0.1) is 19.3 Å². The lowest BCUT2D eigenvalue weighted by Crippen LogP contribution is -1.96. The highest BCUT2D eigenvalue weighted by Crippen LogP contribution is 2.41. The Hall–Kier alpha value is -2.78. The van der Waals surface area contributed by atoms with E-state index in [-0.39, 0.29) is 0 Å². The van der Waals surface area contributed by atoms with E-state index in [1.807, 2.05) is 24.4 Å². The molecular weight excluding hydrogens is 336 g/mol. The molecule has 25 heavy (non-hydrogen) atoms. The molecule has 0 fully saturated rings. The lowest BCUT2D eigenvalue weighted by atomic mass is 10.1. The lowest BCUT2D eigenvalue weighted by Gasteiger charge is -2.13. The van der Waals surface area contributed by atoms with Gasteiger partial charge in [0.1, 0.15) is 0 Å². The number of rotatable bonds is 5. The van der Waals surface area contributed by atoms with E-state index in [9.17, 15) is 0 Å². The maximum atomic E-state index is 5.33. The second-order valence-electron chi connectivity index (χ2n) is 4.69. The summed E-state index contributed by atoms with van der Waals surface area (Å²) in [6.07, 6.45) is 9.81. The molecule has 0 saturated carbocycles. The number of aliphatic imine (C=N–C) groups is 1. The largest absolute Gasteiger partial charge is 0.493 e. The van der Waals surface area contributed by atoms with Crippen molar-refractivity contribution in [1.82, 2.24) is 4.37 Å². The molecule has 0 aliphatic heterocycles. The van der Waals surface area contributed by atoms with Gasteiger partial charge in [0.05, 0.1) is 27.0 Å². The van der Waals surface area contributed by atoms with Crippen LogP contribution < -0.4 is 14.2 Å². The maximum absolute atomic E-state index is 5.33. The van der Waals surface area contributed by atoms with Crippen molar-refractivity contribution in [2.45, 2.75) is 6.92 Å². The van der Waals surface area contributed by atoms with Crippen LogP contribution in [0.1, 0.15) is 5.56 Å². The van der Waals surface area contributed by atoms with Crippen LogP contribution in [0.3, 0.4) is 0 Å². The maximum Gasteiger partial charge on any atom is 0.203 e. The van der Waals surface area contributed by atoms with Gasteiger partial charge in [-0.3, -0.25) is 4.99 Å². The molecule has 0 saturated heterocycles. The third kappa shape index (κ3) is 5.66. The number of terminal acetylenes is 1. The molecular formula is C19H22N2O3S. The number of ether oxygens (including phenoxy) is 3. The summed E-state index contributed by atoms with van der Waals surface area (Å²) in [5.74, 6) is 4.20. The van der Waals surface area contributed by atoms with Gasteiger partial charge in [0.15, 0.2) is 11.5 Å². The van der Waals surface area contributed by atoms with Crippen LogP contribution in [0.4, 0.5) is 0 Å². The van der Waals surface area contributed by atoms with Crippen molar-refractivity contribution in [2.75, 3.05) is 28.4 Å². The quantitative estimate of drug-likeness (QED) is 0.598. The molecule has 0 aliphatic rings. The summed E-state index contributed by atoms with van der Waals surface area (Å²) >= 11 is 1.44. The van der Waals surface area contributed by atoms with Gasteiger partial charge >= 0.3 is 0 Å². The van der Waals surface area contributed by atoms with Gasteiger partial charge in [0, 0.05) is 24.2 Å². The normalized spacial score (nSPS) is 10.2. The minimum absolute atomic E-state index is 0.594. The van der Waals surface area contributed by atoms with Crippen LogP contribution in [0.15, 0.2) is 34.7 Å². The van der Waals surface area contributed by atoms with Crippen LogP contribution >= 0.6 is 11.5 Å². The molecule has 0 radical (unpaired) electrons. The number of hydrogen-bond donors (Lipinski definition) is 0. The van der Waals surface area contributed by atoms with Crippen molar-refractivity contribution in [1.29, 1.82) is 0 Å². The highest BCUT2D eigenvalue weighted by atomic mass is 32.1. The summed E-state index contributed by atoms with van der Waals surface area (Å²) in [5, 5.41) is 2.01. The SMILES string of the molecule is C#C/C=C\C=NC.COc1cc(-c2nscc2C)cc(OC)c1OC. The van der Waals surface area contributed by atoms with Crippen LogP contribution in [0.25, 0.3) is 11.3 Å². The number of aryl methyl sites for hydroxylation is 1. The summed E-state index contributed by atoms with van der Waals surface area (Å²) in [5.41, 5.74) is 3.04. The molecule has 1 aromatic carbocycles. The van der Waals surface area contributed by atoms with Crippen molar-refractivity contribution >= 4 is 17.7 Å². The number of allylic oxidation sites excluding steroid dienone is 2.